The Labute approximate surface area is 128 Å². The van der Waals surface area contributed by atoms with Gasteiger partial charge < -0.3 is 9.64 Å². The summed E-state index contributed by atoms with van der Waals surface area (Å²) in [6.45, 7) is 10.2. The van der Waals surface area contributed by atoms with Crippen molar-refractivity contribution in [2.24, 2.45) is 17.3 Å². The molecule has 2 saturated carbocycles. The van der Waals surface area contributed by atoms with Crippen LogP contribution >= 0.6 is 0 Å². The Bertz CT molecular complexity index is 448. The van der Waals surface area contributed by atoms with Crippen LogP contribution in [0.1, 0.15) is 53.4 Å². The lowest BCUT2D eigenvalue weighted by atomic mass is 9.89. The zero-order valence-electron chi connectivity index (χ0n) is 13.9. The maximum absolute atomic E-state index is 13.1. The normalized spacial score (nSPS) is 37.6. The summed E-state index contributed by atoms with van der Waals surface area (Å²) in [5.41, 5.74) is 1.44. The minimum Gasteiger partial charge on any atom is -0.374 e. The van der Waals surface area contributed by atoms with Gasteiger partial charge in [0.05, 0.1) is 24.7 Å². The quantitative estimate of drug-likeness (QED) is 0.730. The SMILES string of the molecule is CC(C)=C[C@@H]1[C@H](C(=O)N2CCO[C@@H]3CCCC[C@@H]32)C1(C)C. The number of fused-ring (bicyclic) bond motifs is 1. The number of hydrogen-bond donors (Lipinski definition) is 0. The van der Waals surface area contributed by atoms with E-state index in [-0.39, 0.29) is 11.3 Å². The van der Waals surface area contributed by atoms with Crippen molar-refractivity contribution in [2.75, 3.05) is 13.2 Å². The van der Waals surface area contributed by atoms with E-state index < -0.39 is 0 Å². The Balaban J connectivity index is 1.74. The van der Waals surface area contributed by atoms with Crippen molar-refractivity contribution in [1.29, 1.82) is 0 Å². The average molecular weight is 291 g/mol. The van der Waals surface area contributed by atoms with Crippen LogP contribution in [0.2, 0.25) is 0 Å². The van der Waals surface area contributed by atoms with E-state index in [9.17, 15) is 4.79 Å². The molecule has 4 atom stereocenters. The fraction of sp³-hybridized carbons (Fsp3) is 0.833. The molecule has 1 heterocycles. The lowest BCUT2D eigenvalue weighted by Crippen LogP contribution is -2.55. The molecular formula is C18H29NO2. The van der Waals surface area contributed by atoms with E-state index in [0.29, 0.717) is 30.6 Å². The minimum atomic E-state index is 0.122. The van der Waals surface area contributed by atoms with Crippen LogP contribution in [0.3, 0.4) is 0 Å². The summed E-state index contributed by atoms with van der Waals surface area (Å²) in [4.78, 5) is 15.2. The standard InChI is InChI=1S/C18H29NO2/c1-12(2)11-13-16(18(13,3)4)17(20)19-9-10-21-15-8-6-5-7-14(15)19/h11,13-16H,5-10H2,1-4H3/t13-,14+,15-,16-/m1/s1. The van der Waals surface area contributed by atoms with Gasteiger partial charge in [0.2, 0.25) is 5.91 Å². The van der Waals surface area contributed by atoms with E-state index in [4.69, 9.17) is 4.74 Å². The molecule has 118 valence electrons. The highest BCUT2D eigenvalue weighted by molar-refractivity contribution is 5.84. The highest BCUT2D eigenvalue weighted by Gasteiger charge is 2.62. The van der Waals surface area contributed by atoms with Crippen LogP contribution in [0, 0.1) is 17.3 Å². The first-order chi connectivity index (χ1) is 9.93. The smallest absolute Gasteiger partial charge is 0.227 e. The maximum atomic E-state index is 13.1. The number of amides is 1. The number of carbonyl (C=O) groups excluding carboxylic acids is 1. The van der Waals surface area contributed by atoms with Crippen LogP contribution in [-0.2, 0) is 9.53 Å². The Hall–Kier alpha value is -0.830. The van der Waals surface area contributed by atoms with Crippen molar-refractivity contribution < 1.29 is 9.53 Å². The van der Waals surface area contributed by atoms with Crippen molar-refractivity contribution >= 4 is 5.91 Å². The summed E-state index contributed by atoms with van der Waals surface area (Å²) >= 11 is 0. The molecule has 0 aromatic heterocycles. The topological polar surface area (TPSA) is 29.5 Å². The number of nitrogens with zero attached hydrogens (tertiary/aromatic N) is 1. The van der Waals surface area contributed by atoms with Crippen molar-refractivity contribution in [2.45, 2.75) is 65.5 Å². The van der Waals surface area contributed by atoms with Crippen LogP contribution in [0.4, 0.5) is 0 Å². The predicted molar refractivity (Wildman–Crippen MR) is 83.9 cm³/mol. The number of hydrogen-bond acceptors (Lipinski definition) is 2. The van der Waals surface area contributed by atoms with Crippen LogP contribution in [0.5, 0.6) is 0 Å². The molecule has 21 heavy (non-hydrogen) atoms. The summed E-state index contributed by atoms with van der Waals surface area (Å²) in [6.07, 6.45) is 7.32. The first-order valence-corrected chi connectivity index (χ1v) is 8.50. The molecule has 3 heteroatoms. The van der Waals surface area contributed by atoms with Gasteiger partial charge in [-0.3, -0.25) is 4.79 Å². The number of rotatable bonds is 2. The summed E-state index contributed by atoms with van der Waals surface area (Å²) in [5, 5.41) is 0. The van der Waals surface area contributed by atoms with Crippen LogP contribution in [0.25, 0.3) is 0 Å². The van der Waals surface area contributed by atoms with Crippen molar-refractivity contribution in [3.8, 4) is 0 Å². The second kappa shape index (κ2) is 5.42. The van der Waals surface area contributed by atoms with Crippen LogP contribution in [0.15, 0.2) is 11.6 Å². The van der Waals surface area contributed by atoms with E-state index in [1.54, 1.807) is 0 Å². The molecule has 0 spiro atoms. The lowest BCUT2D eigenvalue weighted by molar-refractivity contribution is -0.151. The largest absolute Gasteiger partial charge is 0.374 e. The molecule has 0 aromatic rings. The highest BCUT2D eigenvalue weighted by atomic mass is 16.5. The molecule has 0 N–H and O–H groups in total. The zero-order chi connectivity index (χ0) is 15.2. The third kappa shape index (κ3) is 2.65. The Kier molecular flexibility index (Phi) is 3.89. The molecule has 1 amide bonds. The van der Waals surface area contributed by atoms with Crippen molar-refractivity contribution in [3.63, 3.8) is 0 Å². The van der Waals surface area contributed by atoms with Gasteiger partial charge in [-0.2, -0.15) is 0 Å². The molecule has 3 fully saturated rings. The highest BCUT2D eigenvalue weighted by Crippen LogP contribution is 2.60. The molecule has 1 aliphatic heterocycles. The van der Waals surface area contributed by atoms with Gasteiger partial charge in [0.15, 0.2) is 0 Å². The first kappa shape index (κ1) is 15.1. The van der Waals surface area contributed by atoms with Gasteiger partial charge in [-0.15, -0.1) is 0 Å². The third-order valence-corrected chi connectivity index (χ3v) is 5.70. The van der Waals surface area contributed by atoms with Crippen molar-refractivity contribution in [1.82, 2.24) is 4.90 Å². The number of ether oxygens (including phenoxy) is 1. The second-order valence-corrected chi connectivity index (χ2v) is 7.86. The molecule has 3 aliphatic rings. The van der Waals surface area contributed by atoms with E-state index in [0.717, 1.165) is 19.4 Å². The molecule has 1 saturated heterocycles. The van der Waals surface area contributed by atoms with Crippen LogP contribution in [-0.4, -0.2) is 36.1 Å². The molecule has 0 bridgehead atoms. The fourth-order valence-corrected chi connectivity index (χ4v) is 4.37. The van der Waals surface area contributed by atoms with Gasteiger partial charge in [0, 0.05) is 6.54 Å². The third-order valence-electron chi connectivity index (χ3n) is 5.70. The Morgan fingerprint density at radius 1 is 1.24 bits per heavy atom. The molecule has 0 aromatic carbocycles. The molecule has 2 aliphatic carbocycles. The Morgan fingerprint density at radius 2 is 1.95 bits per heavy atom. The van der Waals surface area contributed by atoms with Gasteiger partial charge in [0.25, 0.3) is 0 Å². The molecule has 3 nitrogen and oxygen atoms in total. The number of morpholine rings is 1. The Morgan fingerprint density at radius 3 is 2.67 bits per heavy atom. The van der Waals surface area contributed by atoms with E-state index in [1.165, 1.54) is 18.4 Å². The van der Waals surface area contributed by atoms with Crippen molar-refractivity contribution in [3.05, 3.63) is 11.6 Å². The molecular weight excluding hydrogens is 262 g/mol. The van der Waals surface area contributed by atoms with E-state index >= 15 is 0 Å². The first-order valence-electron chi connectivity index (χ1n) is 8.50. The minimum absolute atomic E-state index is 0.122. The lowest BCUT2D eigenvalue weighted by Gasteiger charge is -2.44. The summed E-state index contributed by atoms with van der Waals surface area (Å²) in [5.74, 6) is 0.968. The summed E-state index contributed by atoms with van der Waals surface area (Å²) in [6, 6.07) is 0.337. The molecule has 0 radical (unpaired) electrons. The van der Waals surface area contributed by atoms with E-state index in [2.05, 4.69) is 38.7 Å². The maximum Gasteiger partial charge on any atom is 0.227 e. The second-order valence-electron chi connectivity index (χ2n) is 7.86. The predicted octanol–water partition coefficient (Wildman–Crippen LogP) is 3.39. The fourth-order valence-electron chi connectivity index (χ4n) is 4.37. The van der Waals surface area contributed by atoms with Gasteiger partial charge >= 0.3 is 0 Å². The zero-order valence-corrected chi connectivity index (χ0v) is 13.9. The summed E-state index contributed by atoms with van der Waals surface area (Å²) in [7, 11) is 0. The number of allylic oxidation sites excluding steroid dienone is 2. The van der Waals surface area contributed by atoms with E-state index in [1.807, 2.05) is 0 Å². The van der Waals surface area contributed by atoms with Gasteiger partial charge in [0.1, 0.15) is 0 Å². The molecule has 3 rings (SSSR count). The van der Waals surface area contributed by atoms with Gasteiger partial charge in [-0.25, -0.2) is 0 Å². The van der Waals surface area contributed by atoms with Gasteiger partial charge in [-0.1, -0.05) is 38.3 Å². The average Bonchev–Trinajstić information content (AvgIpc) is 2.97. The monoisotopic (exact) mass is 291 g/mol. The van der Waals surface area contributed by atoms with Crippen LogP contribution < -0.4 is 0 Å². The number of carbonyl (C=O) groups is 1. The van der Waals surface area contributed by atoms with Gasteiger partial charge in [-0.05, 0) is 38.0 Å². The molecule has 0 unspecified atom stereocenters. The summed E-state index contributed by atoms with van der Waals surface area (Å²) < 4.78 is 5.90.